The molecule has 28 heavy (non-hydrogen) atoms. The minimum Gasteiger partial charge on any atom is -0.357 e. The third kappa shape index (κ3) is 7.79. The molecule has 7 heteroatoms. The van der Waals surface area contributed by atoms with Crippen LogP contribution >= 0.6 is 35.3 Å². The molecule has 1 unspecified atom stereocenters. The summed E-state index contributed by atoms with van der Waals surface area (Å²) in [5, 5.41) is 11.7. The van der Waals surface area contributed by atoms with Gasteiger partial charge in [0.15, 0.2) is 5.96 Å². The number of thiophene rings is 1. The summed E-state index contributed by atoms with van der Waals surface area (Å²) in [6, 6.07) is 9.95. The van der Waals surface area contributed by atoms with Gasteiger partial charge in [0.25, 0.3) is 5.91 Å². The topological polar surface area (TPSA) is 65.5 Å². The molecule has 0 saturated heterocycles. The Kier molecular flexibility index (Phi) is 11.1. The van der Waals surface area contributed by atoms with Gasteiger partial charge in [0.2, 0.25) is 0 Å². The normalized spacial score (nSPS) is 12.1. The third-order valence-electron chi connectivity index (χ3n) is 4.35. The van der Waals surface area contributed by atoms with E-state index in [0.717, 1.165) is 31.0 Å². The number of hydrogen-bond donors (Lipinski definition) is 3. The zero-order chi connectivity index (χ0) is 19.6. The maximum atomic E-state index is 12.1. The van der Waals surface area contributed by atoms with E-state index in [2.05, 4.69) is 53.2 Å². The molecule has 0 fully saturated rings. The summed E-state index contributed by atoms with van der Waals surface area (Å²) in [6.45, 7) is 10.4. The summed E-state index contributed by atoms with van der Waals surface area (Å²) in [4.78, 5) is 18.1. The fraction of sp³-hybridized carbons (Fsp3) is 0.429. The zero-order valence-electron chi connectivity index (χ0n) is 17.0. The Labute approximate surface area is 189 Å². The van der Waals surface area contributed by atoms with Crippen molar-refractivity contribution in [2.75, 3.05) is 6.54 Å². The Bertz CT molecular complexity index is 758. The molecule has 1 atom stereocenters. The van der Waals surface area contributed by atoms with E-state index >= 15 is 0 Å². The van der Waals surface area contributed by atoms with Crippen molar-refractivity contribution in [2.45, 2.75) is 53.2 Å². The zero-order valence-corrected chi connectivity index (χ0v) is 20.2. The van der Waals surface area contributed by atoms with E-state index in [9.17, 15) is 4.79 Å². The van der Waals surface area contributed by atoms with Crippen molar-refractivity contribution in [3.05, 3.63) is 57.3 Å². The molecule has 0 aliphatic carbocycles. The number of hydrogen-bond acceptors (Lipinski definition) is 3. The highest BCUT2D eigenvalue weighted by Gasteiger charge is 2.08. The van der Waals surface area contributed by atoms with Crippen LogP contribution in [0, 0.1) is 6.92 Å². The second kappa shape index (κ2) is 12.8. The number of aliphatic imine (C=N–C) groups is 1. The molecule has 0 spiro atoms. The number of guanidine groups is 1. The second-order valence-electron chi connectivity index (χ2n) is 6.56. The lowest BCUT2D eigenvalue weighted by atomic mass is 10.1. The van der Waals surface area contributed by atoms with Gasteiger partial charge in [0.1, 0.15) is 0 Å². The highest BCUT2D eigenvalue weighted by atomic mass is 127. The molecule has 0 aliphatic heterocycles. The third-order valence-corrected chi connectivity index (χ3v) is 5.38. The summed E-state index contributed by atoms with van der Waals surface area (Å²) in [5.41, 5.74) is 3.05. The first-order valence-corrected chi connectivity index (χ1v) is 10.4. The van der Waals surface area contributed by atoms with Crippen LogP contribution in [0.4, 0.5) is 0 Å². The molecule has 3 N–H and O–H groups in total. The Morgan fingerprint density at radius 3 is 2.43 bits per heavy atom. The number of benzene rings is 1. The molecule has 154 valence electrons. The maximum Gasteiger partial charge on any atom is 0.251 e. The number of carbonyl (C=O) groups is 1. The van der Waals surface area contributed by atoms with Gasteiger partial charge >= 0.3 is 0 Å². The molecular formula is C21H31IN4OS. The van der Waals surface area contributed by atoms with Gasteiger partial charge in [-0.2, -0.15) is 0 Å². The van der Waals surface area contributed by atoms with Gasteiger partial charge in [-0.1, -0.05) is 19.1 Å². The molecule has 1 heterocycles. The second-order valence-corrected chi connectivity index (χ2v) is 7.56. The van der Waals surface area contributed by atoms with Crippen molar-refractivity contribution in [1.29, 1.82) is 0 Å². The predicted octanol–water partition coefficient (Wildman–Crippen LogP) is 4.46. The number of aryl methyl sites for hydroxylation is 1. The lowest BCUT2D eigenvalue weighted by Gasteiger charge is -2.12. The lowest BCUT2D eigenvalue weighted by Crippen LogP contribution is -2.36. The molecule has 5 nitrogen and oxygen atoms in total. The highest BCUT2D eigenvalue weighted by molar-refractivity contribution is 14.0. The van der Waals surface area contributed by atoms with Gasteiger partial charge < -0.3 is 16.0 Å². The number of nitrogens with zero attached hydrogens (tertiary/aromatic N) is 1. The molecular weight excluding hydrogens is 483 g/mol. The van der Waals surface area contributed by atoms with Crippen molar-refractivity contribution in [1.82, 2.24) is 16.0 Å². The first kappa shape index (κ1) is 24.4. The highest BCUT2D eigenvalue weighted by Crippen LogP contribution is 2.14. The molecule has 2 rings (SSSR count). The van der Waals surface area contributed by atoms with Crippen LogP contribution in [-0.2, 0) is 13.1 Å². The summed E-state index contributed by atoms with van der Waals surface area (Å²) in [6.07, 6.45) is 0.920. The van der Waals surface area contributed by atoms with Crippen LogP contribution < -0.4 is 16.0 Å². The quantitative estimate of drug-likeness (QED) is 0.277. The molecule has 1 amide bonds. The van der Waals surface area contributed by atoms with E-state index in [0.29, 0.717) is 12.1 Å². The van der Waals surface area contributed by atoms with Crippen LogP contribution in [0.5, 0.6) is 0 Å². The van der Waals surface area contributed by atoms with Crippen molar-refractivity contribution in [2.24, 2.45) is 4.99 Å². The van der Waals surface area contributed by atoms with Crippen LogP contribution in [0.1, 0.15) is 53.6 Å². The van der Waals surface area contributed by atoms with Crippen LogP contribution in [-0.4, -0.2) is 24.5 Å². The Morgan fingerprint density at radius 2 is 1.86 bits per heavy atom. The fourth-order valence-corrected chi connectivity index (χ4v) is 3.28. The van der Waals surface area contributed by atoms with Gasteiger partial charge in [0.05, 0.1) is 13.1 Å². The van der Waals surface area contributed by atoms with Gasteiger partial charge in [-0.25, -0.2) is 4.99 Å². The minimum absolute atomic E-state index is 0. The van der Waals surface area contributed by atoms with E-state index in [1.54, 1.807) is 11.3 Å². The van der Waals surface area contributed by atoms with E-state index in [1.807, 2.05) is 31.2 Å². The van der Waals surface area contributed by atoms with Gasteiger partial charge in [-0.15, -0.1) is 35.3 Å². The summed E-state index contributed by atoms with van der Waals surface area (Å²) >= 11 is 1.75. The standard InChI is InChI=1S/C21H30N4OS.HI/c1-5-16(4)25-20(26)18-9-7-17(8-10-18)13-23-21(22-6-2)24-14-19-15(3)11-12-27-19;/h7-12,16H,5-6,13-14H2,1-4H3,(H,25,26)(H2,22,23,24);1H. The number of halogens is 1. The smallest absolute Gasteiger partial charge is 0.251 e. The summed E-state index contributed by atoms with van der Waals surface area (Å²) in [5.74, 6) is 0.768. The van der Waals surface area contributed by atoms with Gasteiger partial charge in [-0.3, -0.25) is 4.79 Å². The first-order valence-electron chi connectivity index (χ1n) is 9.48. The molecule has 1 aromatic carbocycles. The van der Waals surface area contributed by atoms with Gasteiger partial charge in [0, 0.05) is 23.0 Å². The van der Waals surface area contributed by atoms with Crippen molar-refractivity contribution in [3.63, 3.8) is 0 Å². The summed E-state index contributed by atoms with van der Waals surface area (Å²) in [7, 11) is 0. The van der Waals surface area contributed by atoms with Gasteiger partial charge in [-0.05, 0) is 61.9 Å². The van der Waals surface area contributed by atoms with Crippen LogP contribution in [0.25, 0.3) is 0 Å². The average Bonchev–Trinajstić information content (AvgIpc) is 3.09. The minimum atomic E-state index is -0.0271. The lowest BCUT2D eigenvalue weighted by molar-refractivity contribution is 0.0939. The van der Waals surface area contributed by atoms with Crippen molar-refractivity contribution >= 4 is 47.2 Å². The Balaban J connectivity index is 0.00000392. The number of nitrogens with one attached hydrogen (secondary N) is 3. The summed E-state index contributed by atoms with van der Waals surface area (Å²) < 4.78 is 0. The molecule has 1 aromatic heterocycles. The average molecular weight is 514 g/mol. The number of amides is 1. The molecule has 0 radical (unpaired) electrons. The monoisotopic (exact) mass is 514 g/mol. The first-order chi connectivity index (χ1) is 13.0. The Hall–Kier alpha value is -1.61. The van der Waals surface area contributed by atoms with Crippen LogP contribution in [0.2, 0.25) is 0 Å². The molecule has 2 aromatic rings. The molecule has 0 bridgehead atoms. The van der Waals surface area contributed by atoms with Crippen molar-refractivity contribution < 1.29 is 4.79 Å². The van der Waals surface area contributed by atoms with Crippen LogP contribution in [0.15, 0.2) is 40.7 Å². The fourth-order valence-electron chi connectivity index (χ4n) is 2.43. The van der Waals surface area contributed by atoms with Crippen molar-refractivity contribution in [3.8, 4) is 0 Å². The van der Waals surface area contributed by atoms with E-state index < -0.39 is 0 Å². The SMILES string of the molecule is CCNC(=NCc1ccc(C(=O)NC(C)CC)cc1)NCc1sccc1C.I. The van der Waals surface area contributed by atoms with E-state index in [-0.39, 0.29) is 35.9 Å². The largest absolute Gasteiger partial charge is 0.357 e. The van der Waals surface area contributed by atoms with E-state index in [4.69, 9.17) is 0 Å². The van der Waals surface area contributed by atoms with E-state index in [1.165, 1.54) is 10.4 Å². The molecule has 0 aliphatic rings. The van der Waals surface area contributed by atoms with Crippen LogP contribution in [0.3, 0.4) is 0 Å². The predicted molar refractivity (Wildman–Crippen MR) is 130 cm³/mol. The maximum absolute atomic E-state index is 12.1. The molecule has 0 saturated carbocycles. The number of carbonyl (C=O) groups excluding carboxylic acids is 1. The number of rotatable bonds is 8. The Morgan fingerprint density at radius 1 is 1.14 bits per heavy atom.